The van der Waals surface area contributed by atoms with Crippen LogP contribution in [0.25, 0.3) is 0 Å². The summed E-state index contributed by atoms with van der Waals surface area (Å²) in [7, 11) is 0. The summed E-state index contributed by atoms with van der Waals surface area (Å²) < 4.78 is 7.49. The fourth-order valence-electron chi connectivity index (χ4n) is 3.87. The van der Waals surface area contributed by atoms with E-state index >= 15 is 0 Å². The highest BCUT2D eigenvalue weighted by atomic mass is 16.3. The molecule has 0 spiro atoms. The second-order valence-corrected chi connectivity index (χ2v) is 7.94. The van der Waals surface area contributed by atoms with Gasteiger partial charge in [-0.15, -0.1) is 0 Å². The normalized spacial score (nSPS) is 10.7. The van der Waals surface area contributed by atoms with Crippen molar-refractivity contribution >= 4 is 17.5 Å². The number of nitrogens with one attached hydrogen (secondary N) is 2. The van der Waals surface area contributed by atoms with Gasteiger partial charge in [0.2, 0.25) is 0 Å². The molecule has 2 N–H and O–H groups in total. The van der Waals surface area contributed by atoms with E-state index in [1.807, 2.05) is 66.9 Å². The van der Waals surface area contributed by atoms with Gasteiger partial charge in [0.05, 0.1) is 29.6 Å². The first kappa shape index (κ1) is 22.1. The molecule has 0 aliphatic heterocycles. The summed E-state index contributed by atoms with van der Waals surface area (Å²) >= 11 is 0. The minimum atomic E-state index is -0.252. The second kappa shape index (κ2) is 10.0. The van der Waals surface area contributed by atoms with Gasteiger partial charge < -0.3 is 19.6 Å². The van der Waals surface area contributed by atoms with Gasteiger partial charge in [-0.1, -0.05) is 42.5 Å². The number of benzene rings is 2. The summed E-state index contributed by atoms with van der Waals surface area (Å²) in [5.74, 6) is 0.352. The number of para-hydroxylation sites is 1. The number of nitrogens with zero attached hydrogens (tertiary/aromatic N) is 1. The van der Waals surface area contributed by atoms with E-state index in [9.17, 15) is 9.59 Å². The molecule has 6 heteroatoms. The van der Waals surface area contributed by atoms with Crippen molar-refractivity contribution in [2.45, 2.75) is 26.8 Å². The van der Waals surface area contributed by atoms with Crippen LogP contribution >= 0.6 is 0 Å². The number of anilines is 1. The minimum Gasteiger partial charge on any atom is -0.467 e. The van der Waals surface area contributed by atoms with Crippen LogP contribution in [0.4, 0.5) is 5.69 Å². The number of hydrogen-bond acceptors (Lipinski definition) is 3. The lowest BCUT2D eigenvalue weighted by atomic mass is 10.1. The lowest BCUT2D eigenvalue weighted by Crippen LogP contribution is -2.27. The van der Waals surface area contributed by atoms with Crippen LogP contribution in [0.1, 0.15) is 43.4 Å². The first-order chi connectivity index (χ1) is 16.0. The number of carbonyl (C=O) groups excluding carboxylic acids is 2. The predicted octanol–water partition coefficient (Wildman–Crippen LogP) is 4.97. The molecular formula is C27H27N3O3. The van der Waals surface area contributed by atoms with Crippen LogP contribution in [0.3, 0.4) is 0 Å². The Labute approximate surface area is 193 Å². The Morgan fingerprint density at radius 2 is 1.64 bits per heavy atom. The topological polar surface area (TPSA) is 76.3 Å². The van der Waals surface area contributed by atoms with E-state index in [1.165, 1.54) is 0 Å². The molecule has 0 fully saturated rings. The van der Waals surface area contributed by atoms with Gasteiger partial charge in [0.25, 0.3) is 11.8 Å². The molecule has 2 aromatic heterocycles. The molecule has 2 amide bonds. The molecule has 0 saturated carbocycles. The van der Waals surface area contributed by atoms with Gasteiger partial charge in [-0.3, -0.25) is 9.59 Å². The van der Waals surface area contributed by atoms with Crippen molar-refractivity contribution in [3.05, 3.63) is 113 Å². The van der Waals surface area contributed by atoms with E-state index in [2.05, 4.69) is 10.6 Å². The molecule has 4 rings (SSSR count). The third-order valence-corrected chi connectivity index (χ3v) is 5.67. The molecule has 0 radical (unpaired) electrons. The van der Waals surface area contributed by atoms with Crippen LogP contribution in [-0.2, 0) is 13.0 Å². The Morgan fingerprint density at radius 1 is 0.879 bits per heavy atom. The molecular weight excluding hydrogens is 414 g/mol. The molecule has 2 aromatic carbocycles. The molecule has 0 unspecified atom stereocenters. The zero-order chi connectivity index (χ0) is 23.2. The first-order valence-corrected chi connectivity index (χ1v) is 10.9. The van der Waals surface area contributed by atoms with Crippen LogP contribution in [0, 0.1) is 13.8 Å². The summed E-state index contributed by atoms with van der Waals surface area (Å²) in [6.07, 6.45) is 2.38. The van der Waals surface area contributed by atoms with E-state index in [4.69, 9.17) is 4.42 Å². The molecule has 2 heterocycles. The maximum absolute atomic E-state index is 13.1. The van der Waals surface area contributed by atoms with Crippen molar-refractivity contribution in [3.8, 4) is 0 Å². The number of amides is 2. The lowest BCUT2D eigenvalue weighted by Gasteiger charge is -2.12. The first-order valence-electron chi connectivity index (χ1n) is 10.9. The smallest absolute Gasteiger partial charge is 0.257 e. The van der Waals surface area contributed by atoms with Crippen molar-refractivity contribution < 1.29 is 14.0 Å². The molecule has 0 saturated heterocycles. The van der Waals surface area contributed by atoms with Crippen molar-refractivity contribution in [2.24, 2.45) is 0 Å². The van der Waals surface area contributed by atoms with Gasteiger partial charge in [-0.25, -0.2) is 0 Å². The molecule has 4 aromatic rings. The van der Waals surface area contributed by atoms with Crippen LogP contribution < -0.4 is 10.6 Å². The molecule has 0 aliphatic rings. The molecule has 168 valence electrons. The van der Waals surface area contributed by atoms with Gasteiger partial charge in [0, 0.05) is 17.9 Å². The number of aryl methyl sites for hydroxylation is 1. The Hall–Kier alpha value is -4.06. The van der Waals surface area contributed by atoms with E-state index in [-0.39, 0.29) is 11.8 Å². The second-order valence-electron chi connectivity index (χ2n) is 7.94. The van der Waals surface area contributed by atoms with E-state index in [0.29, 0.717) is 29.9 Å². The van der Waals surface area contributed by atoms with E-state index < -0.39 is 0 Å². The standard InChI is InChI=1S/C27H27N3O3/c1-19-17-24(20(2)30(19)18-22-11-8-16-33-22)27(32)29-25-13-7-6-12-23(25)26(31)28-15-14-21-9-4-3-5-10-21/h3-13,16-17H,14-15,18H2,1-2H3,(H,28,31)(H,29,32). The van der Waals surface area contributed by atoms with Gasteiger partial charge in [0.15, 0.2) is 0 Å². The monoisotopic (exact) mass is 441 g/mol. The molecule has 0 atom stereocenters. The summed E-state index contributed by atoms with van der Waals surface area (Å²) in [5, 5.41) is 5.86. The highest BCUT2D eigenvalue weighted by Gasteiger charge is 2.19. The Kier molecular flexibility index (Phi) is 6.74. The van der Waals surface area contributed by atoms with Crippen molar-refractivity contribution in [3.63, 3.8) is 0 Å². The van der Waals surface area contributed by atoms with Gasteiger partial charge in [-0.05, 0) is 56.2 Å². The van der Waals surface area contributed by atoms with E-state index in [0.717, 1.165) is 29.1 Å². The number of rotatable bonds is 8. The van der Waals surface area contributed by atoms with Gasteiger partial charge >= 0.3 is 0 Å². The number of aromatic nitrogens is 1. The van der Waals surface area contributed by atoms with Crippen molar-refractivity contribution in [1.82, 2.24) is 9.88 Å². The predicted molar refractivity (Wildman–Crippen MR) is 129 cm³/mol. The fraction of sp³-hybridized carbons (Fsp3) is 0.185. The van der Waals surface area contributed by atoms with Crippen LogP contribution in [-0.4, -0.2) is 22.9 Å². The Morgan fingerprint density at radius 3 is 2.39 bits per heavy atom. The third kappa shape index (κ3) is 5.23. The Balaban J connectivity index is 1.45. The van der Waals surface area contributed by atoms with Crippen molar-refractivity contribution in [1.29, 1.82) is 0 Å². The highest BCUT2D eigenvalue weighted by molar-refractivity contribution is 6.09. The molecule has 0 bridgehead atoms. The highest BCUT2D eigenvalue weighted by Crippen LogP contribution is 2.21. The number of carbonyl (C=O) groups is 2. The zero-order valence-electron chi connectivity index (χ0n) is 18.8. The summed E-state index contributed by atoms with van der Waals surface area (Å²) in [4.78, 5) is 25.9. The summed E-state index contributed by atoms with van der Waals surface area (Å²) in [5.41, 5.74) is 4.44. The molecule has 6 nitrogen and oxygen atoms in total. The maximum atomic E-state index is 13.1. The largest absolute Gasteiger partial charge is 0.467 e. The number of furan rings is 1. The summed E-state index contributed by atoms with van der Waals surface area (Å²) in [6.45, 7) is 4.94. The number of hydrogen-bond donors (Lipinski definition) is 2. The minimum absolute atomic E-state index is 0.217. The van der Waals surface area contributed by atoms with Gasteiger partial charge in [0.1, 0.15) is 5.76 Å². The maximum Gasteiger partial charge on any atom is 0.257 e. The Bertz CT molecular complexity index is 1240. The molecule has 33 heavy (non-hydrogen) atoms. The fourth-order valence-corrected chi connectivity index (χ4v) is 3.87. The average molecular weight is 442 g/mol. The van der Waals surface area contributed by atoms with Crippen molar-refractivity contribution in [2.75, 3.05) is 11.9 Å². The quantitative estimate of drug-likeness (QED) is 0.405. The van der Waals surface area contributed by atoms with Gasteiger partial charge in [-0.2, -0.15) is 0 Å². The van der Waals surface area contributed by atoms with Crippen LogP contribution in [0.15, 0.2) is 83.5 Å². The average Bonchev–Trinajstić information content (AvgIpc) is 3.44. The summed E-state index contributed by atoms with van der Waals surface area (Å²) in [6, 6.07) is 22.6. The third-order valence-electron chi connectivity index (χ3n) is 5.67. The van der Waals surface area contributed by atoms with Crippen LogP contribution in [0.2, 0.25) is 0 Å². The van der Waals surface area contributed by atoms with Crippen LogP contribution in [0.5, 0.6) is 0 Å². The zero-order valence-corrected chi connectivity index (χ0v) is 18.8. The lowest BCUT2D eigenvalue weighted by molar-refractivity contribution is 0.0955. The molecule has 0 aliphatic carbocycles. The van der Waals surface area contributed by atoms with E-state index in [1.54, 1.807) is 30.5 Å². The SMILES string of the molecule is Cc1cc(C(=O)Nc2ccccc2C(=O)NCCc2ccccc2)c(C)n1Cc1ccco1.